The van der Waals surface area contributed by atoms with E-state index in [0.29, 0.717) is 13.0 Å². The Kier molecular flexibility index (Phi) is 6.24. The number of ether oxygens (including phenoxy) is 1. The van der Waals surface area contributed by atoms with Crippen molar-refractivity contribution in [2.24, 2.45) is 0 Å². The van der Waals surface area contributed by atoms with Gasteiger partial charge in [0.15, 0.2) is 0 Å². The third kappa shape index (κ3) is 7.72. The molecule has 0 aliphatic carbocycles. The molecule has 2 N–H and O–H groups in total. The molecule has 6 nitrogen and oxygen atoms in total. The van der Waals surface area contributed by atoms with Gasteiger partial charge < -0.3 is 19.9 Å². The maximum absolute atomic E-state index is 12.2. The smallest absolute Gasteiger partial charge is 0.407 e. The van der Waals surface area contributed by atoms with Crippen molar-refractivity contribution in [3.8, 4) is 0 Å². The largest absolute Gasteiger partial charge is 0.444 e. The van der Waals surface area contributed by atoms with Crippen molar-refractivity contribution in [3.63, 3.8) is 0 Å². The van der Waals surface area contributed by atoms with Crippen LogP contribution >= 0.6 is 0 Å². The second kappa shape index (κ2) is 7.53. The Hall–Kier alpha value is -1.98. The van der Waals surface area contributed by atoms with E-state index < -0.39 is 17.2 Å². The molecule has 0 bridgehead atoms. The van der Waals surface area contributed by atoms with E-state index >= 15 is 0 Å². The summed E-state index contributed by atoms with van der Waals surface area (Å²) in [6, 6.07) is 3.95. The molecule has 1 rings (SSSR count). The first-order chi connectivity index (χ1) is 10.5. The SMILES string of the molecule is C[C@@H](CC(=O)NC(C)(C)CNC(=O)OC(C)(C)C)n1cccc1. The van der Waals surface area contributed by atoms with Gasteiger partial charge in [-0.1, -0.05) is 0 Å². The Bertz CT molecular complexity index is 516. The number of hydrogen-bond donors (Lipinski definition) is 2. The highest BCUT2D eigenvalue weighted by molar-refractivity contribution is 5.77. The minimum atomic E-state index is -0.551. The van der Waals surface area contributed by atoms with Gasteiger partial charge in [-0.2, -0.15) is 0 Å². The van der Waals surface area contributed by atoms with E-state index in [9.17, 15) is 9.59 Å². The summed E-state index contributed by atoms with van der Waals surface area (Å²) in [6.07, 6.45) is 3.77. The highest BCUT2D eigenvalue weighted by Gasteiger charge is 2.24. The van der Waals surface area contributed by atoms with Crippen LogP contribution in [0.2, 0.25) is 0 Å². The number of amides is 2. The molecule has 0 radical (unpaired) electrons. The Morgan fingerprint density at radius 3 is 2.22 bits per heavy atom. The van der Waals surface area contributed by atoms with Crippen molar-refractivity contribution >= 4 is 12.0 Å². The van der Waals surface area contributed by atoms with E-state index in [0.717, 1.165) is 0 Å². The second-order valence-electron chi connectivity index (χ2n) is 7.47. The molecule has 1 aromatic rings. The summed E-state index contributed by atoms with van der Waals surface area (Å²) in [4.78, 5) is 23.8. The van der Waals surface area contributed by atoms with Crippen LogP contribution in [-0.4, -0.2) is 34.3 Å². The molecule has 130 valence electrons. The first-order valence-electron chi connectivity index (χ1n) is 7.89. The van der Waals surface area contributed by atoms with Crippen LogP contribution < -0.4 is 10.6 Å². The number of nitrogens with zero attached hydrogens (tertiary/aromatic N) is 1. The molecule has 0 spiro atoms. The fourth-order valence-electron chi connectivity index (χ4n) is 2.10. The summed E-state index contributed by atoms with van der Waals surface area (Å²) in [7, 11) is 0. The van der Waals surface area contributed by atoms with Gasteiger partial charge in [0.2, 0.25) is 5.91 Å². The number of hydrogen-bond acceptors (Lipinski definition) is 3. The maximum atomic E-state index is 12.2. The molecule has 0 aliphatic heterocycles. The Labute approximate surface area is 138 Å². The zero-order chi connectivity index (χ0) is 17.7. The Morgan fingerprint density at radius 1 is 1.13 bits per heavy atom. The topological polar surface area (TPSA) is 72.4 Å². The second-order valence-corrected chi connectivity index (χ2v) is 7.47. The standard InChI is InChI=1S/C17H29N3O3/c1-13(20-9-7-8-10-20)11-14(21)19-17(5,6)12-18-15(22)23-16(2,3)4/h7-10,13H,11-12H2,1-6H3,(H,18,22)(H,19,21)/t13-/m0/s1. The van der Waals surface area contributed by atoms with Crippen molar-refractivity contribution in [2.75, 3.05) is 6.54 Å². The molecule has 0 aliphatic rings. The normalized spacial score (nSPS) is 13.3. The van der Waals surface area contributed by atoms with Crippen molar-refractivity contribution in [2.45, 2.75) is 65.1 Å². The van der Waals surface area contributed by atoms with Gasteiger partial charge in [0, 0.05) is 31.4 Å². The lowest BCUT2D eigenvalue weighted by Crippen LogP contribution is -2.52. The van der Waals surface area contributed by atoms with Gasteiger partial charge >= 0.3 is 6.09 Å². The monoisotopic (exact) mass is 323 g/mol. The lowest BCUT2D eigenvalue weighted by atomic mass is 10.0. The van der Waals surface area contributed by atoms with E-state index in [1.54, 1.807) is 0 Å². The quantitative estimate of drug-likeness (QED) is 0.845. The van der Waals surface area contributed by atoms with Crippen molar-refractivity contribution in [1.82, 2.24) is 15.2 Å². The molecule has 0 fully saturated rings. The molecule has 0 saturated heterocycles. The molecule has 2 amide bonds. The highest BCUT2D eigenvalue weighted by Crippen LogP contribution is 2.12. The first-order valence-corrected chi connectivity index (χ1v) is 7.89. The van der Waals surface area contributed by atoms with Crippen molar-refractivity contribution < 1.29 is 14.3 Å². The van der Waals surface area contributed by atoms with Crippen LogP contribution in [0.15, 0.2) is 24.5 Å². The fourth-order valence-corrected chi connectivity index (χ4v) is 2.10. The van der Waals surface area contributed by atoms with Gasteiger partial charge in [0.05, 0.1) is 5.54 Å². The third-order valence-electron chi connectivity index (χ3n) is 3.17. The maximum Gasteiger partial charge on any atom is 0.407 e. The van der Waals surface area contributed by atoms with Crippen LogP contribution in [0.5, 0.6) is 0 Å². The highest BCUT2D eigenvalue weighted by atomic mass is 16.6. The van der Waals surface area contributed by atoms with E-state index in [1.807, 2.05) is 70.6 Å². The zero-order valence-corrected chi connectivity index (χ0v) is 15.0. The minimum Gasteiger partial charge on any atom is -0.444 e. The lowest BCUT2D eigenvalue weighted by Gasteiger charge is -2.28. The number of carbonyl (C=O) groups excluding carboxylic acids is 2. The van der Waals surface area contributed by atoms with Gasteiger partial charge in [-0.15, -0.1) is 0 Å². The molecule has 0 aromatic carbocycles. The van der Waals surface area contributed by atoms with Gasteiger partial charge in [-0.3, -0.25) is 4.79 Å². The third-order valence-corrected chi connectivity index (χ3v) is 3.17. The summed E-state index contributed by atoms with van der Waals surface area (Å²) in [5, 5.41) is 5.63. The average molecular weight is 323 g/mol. The predicted octanol–water partition coefficient (Wildman–Crippen LogP) is 2.86. The van der Waals surface area contributed by atoms with Gasteiger partial charge in [0.25, 0.3) is 0 Å². The predicted molar refractivity (Wildman–Crippen MR) is 90.2 cm³/mol. The van der Waals surface area contributed by atoms with E-state index in [4.69, 9.17) is 4.74 Å². The van der Waals surface area contributed by atoms with Crippen LogP contribution in [0.4, 0.5) is 4.79 Å². The Balaban J connectivity index is 2.41. The molecular formula is C17H29N3O3. The van der Waals surface area contributed by atoms with Crippen molar-refractivity contribution in [1.29, 1.82) is 0 Å². The molecule has 23 heavy (non-hydrogen) atoms. The Morgan fingerprint density at radius 2 is 1.70 bits per heavy atom. The van der Waals surface area contributed by atoms with Crippen molar-refractivity contribution in [3.05, 3.63) is 24.5 Å². The molecule has 0 unspecified atom stereocenters. The number of nitrogens with one attached hydrogen (secondary N) is 2. The summed E-state index contributed by atoms with van der Waals surface area (Å²) in [5.74, 6) is -0.0535. The summed E-state index contributed by atoms with van der Waals surface area (Å²) < 4.78 is 7.18. The molecule has 1 aromatic heterocycles. The molecule has 1 atom stereocenters. The average Bonchev–Trinajstić information content (AvgIpc) is 2.87. The zero-order valence-electron chi connectivity index (χ0n) is 15.0. The number of aromatic nitrogens is 1. The van der Waals surface area contributed by atoms with E-state index in [2.05, 4.69) is 10.6 Å². The van der Waals surface area contributed by atoms with Crippen LogP contribution in [0.3, 0.4) is 0 Å². The van der Waals surface area contributed by atoms with E-state index in [-0.39, 0.29) is 11.9 Å². The lowest BCUT2D eigenvalue weighted by molar-refractivity contribution is -0.123. The summed E-state index contributed by atoms with van der Waals surface area (Å²) in [6.45, 7) is 11.4. The molecular weight excluding hydrogens is 294 g/mol. The summed E-state index contributed by atoms with van der Waals surface area (Å²) in [5.41, 5.74) is -1.09. The molecule has 6 heteroatoms. The van der Waals surface area contributed by atoms with Crippen LogP contribution in [-0.2, 0) is 9.53 Å². The fraction of sp³-hybridized carbons (Fsp3) is 0.647. The van der Waals surface area contributed by atoms with Gasteiger partial charge in [-0.25, -0.2) is 4.79 Å². The van der Waals surface area contributed by atoms with E-state index in [1.165, 1.54) is 0 Å². The van der Waals surface area contributed by atoms with Gasteiger partial charge in [0.1, 0.15) is 5.60 Å². The van der Waals surface area contributed by atoms with Crippen LogP contribution in [0, 0.1) is 0 Å². The molecule has 0 saturated carbocycles. The van der Waals surface area contributed by atoms with Crippen LogP contribution in [0.1, 0.15) is 54.0 Å². The van der Waals surface area contributed by atoms with Crippen LogP contribution in [0.25, 0.3) is 0 Å². The number of carbonyl (C=O) groups is 2. The number of rotatable bonds is 6. The minimum absolute atomic E-state index is 0.0535. The molecule has 1 heterocycles. The summed E-state index contributed by atoms with van der Waals surface area (Å²) >= 11 is 0. The first kappa shape index (κ1) is 19.1. The van der Waals surface area contributed by atoms with Gasteiger partial charge in [-0.05, 0) is 53.7 Å². The number of alkyl carbamates (subject to hydrolysis) is 1.